The first-order valence-electron chi connectivity index (χ1n) is 17.7. The van der Waals surface area contributed by atoms with Crippen molar-refractivity contribution in [3.8, 4) is 11.5 Å². The van der Waals surface area contributed by atoms with Gasteiger partial charge in [0, 0.05) is 11.5 Å². The number of phenols is 2. The average Bonchev–Trinajstić information content (AvgIpc) is 3.53. The van der Waals surface area contributed by atoms with Crippen molar-refractivity contribution >= 4 is 12.0 Å². The van der Waals surface area contributed by atoms with Crippen LogP contribution in [-0.4, -0.2) is 44.7 Å². The molecule has 0 bridgehead atoms. The normalized spacial score (nSPS) is 44.3. The highest BCUT2D eigenvalue weighted by Gasteiger charge is 2.70. The molecule has 6 nitrogen and oxygen atoms in total. The SMILES string of the molecule is CC(C)(O)[C@@H]1CC[C@](C)([C@H]2CC[C@]3(C)C2CCC2[C@@]4(C)CC[C@H](OC(=O)/C=C/c5ccc(O)c(O)c5)C(C)(C)C4CC[C@]23C)O1. The molecule has 1 aliphatic heterocycles. The Morgan fingerprint density at radius 2 is 1.56 bits per heavy atom. The molecule has 0 amide bonds. The summed E-state index contributed by atoms with van der Waals surface area (Å²) in [5, 5.41) is 30.1. The fourth-order valence-electron chi connectivity index (χ4n) is 12.3. The summed E-state index contributed by atoms with van der Waals surface area (Å²) in [4.78, 5) is 13.0. The monoisotopic (exact) mass is 622 g/mol. The van der Waals surface area contributed by atoms with E-state index in [0.29, 0.717) is 29.2 Å². The zero-order chi connectivity index (χ0) is 32.8. The van der Waals surface area contributed by atoms with E-state index in [9.17, 15) is 20.1 Å². The molecule has 1 aromatic rings. The molecule has 5 aliphatic rings. The van der Waals surface area contributed by atoms with Gasteiger partial charge in [0.2, 0.25) is 0 Å². The van der Waals surface area contributed by atoms with Gasteiger partial charge < -0.3 is 24.8 Å². The van der Waals surface area contributed by atoms with E-state index >= 15 is 0 Å². The van der Waals surface area contributed by atoms with E-state index in [1.165, 1.54) is 50.3 Å². The lowest BCUT2D eigenvalue weighted by Crippen LogP contribution is -2.64. The third-order valence-electron chi connectivity index (χ3n) is 14.9. The maximum atomic E-state index is 13.0. The fourth-order valence-corrected chi connectivity index (χ4v) is 12.3. The Morgan fingerprint density at radius 1 is 0.844 bits per heavy atom. The van der Waals surface area contributed by atoms with Crippen molar-refractivity contribution in [2.45, 2.75) is 143 Å². The molecule has 1 aromatic carbocycles. The summed E-state index contributed by atoms with van der Waals surface area (Å²) in [6, 6.07) is 4.50. The van der Waals surface area contributed by atoms with Crippen LogP contribution in [0.15, 0.2) is 24.3 Å². The van der Waals surface area contributed by atoms with Gasteiger partial charge in [-0.25, -0.2) is 4.79 Å². The molecule has 0 spiro atoms. The lowest BCUT2D eigenvalue weighted by molar-refractivity contribution is -0.230. The third kappa shape index (κ3) is 5.07. The topological polar surface area (TPSA) is 96.2 Å². The van der Waals surface area contributed by atoms with Gasteiger partial charge >= 0.3 is 5.97 Å². The number of fused-ring (bicyclic) bond motifs is 5. The zero-order valence-electron chi connectivity index (χ0n) is 29.0. The van der Waals surface area contributed by atoms with Crippen LogP contribution >= 0.6 is 0 Å². The van der Waals surface area contributed by atoms with Crippen LogP contribution in [0.4, 0.5) is 0 Å². The number of carbonyl (C=O) groups excluding carboxylic acids is 1. The molecular weight excluding hydrogens is 564 g/mol. The Kier molecular flexibility index (Phi) is 7.84. The van der Waals surface area contributed by atoms with Gasteiger partial charge in [-0.15, -0.1) is 0 Å². The van der Waals surface area contributed by atoms with E-state index in [4.69, 9.17) is 9.47 Å². The van der Waals surface area contributed by atoms with Crippen LogP contribution in [0.3, 0.4) is 0 Å². The molecule has 45 heavy (non-hydrogen) atoms. The van der Waals surface area contributed by atoms with Crippen molar-refractivity contribution in [3.63, 3.8) is 0 Å². The van der Waals surface area contributed by atoms with Gasteiger partial charge in [-0.2, -0.15) is 0 Å². The molecule has 6 rings (SSSR count). The highest BCUT2D eigenvalue weighted by atomic mass is 16.5. The Hall–Kier alpha value is -2.05. The van der Waals surface area contributed by atoms with Crippen LogP contribution in [0.25, 0.3) is 6.08 Å². The maximum absolute atomic E-state index is 13.0. The predicted molar refractivity (Wildman–Crippen MR) is 176 cm³/mol. The highest BCUT2D eigenvalue weighted by molar-refractivity contribution is 5.87. The lowest BCUT2D eigenvalue weighted by atomic mass is 9.35. The van der Waals surface area contributed by atoms with Crippen LogP contribution in [0.2, 0.25) is 0 Å². The molecule has 5 fully saturated rings. The number of aromatic hydroxyl groups is 2. The molecule has 10 atom stereocenters. The van der Waals surface area contributed by atoms with E-state index in [0.717, 1.165) is 32.1 Å². The van der Waals surface area contributed by atoms with E-state index < -0.39 is 5.60 Å². The summed E-state index contributed by atoms with van der Waals surface area (Å²) in [5.41, 5.74) is 0.273. The van der Waals surface area contributed by atoms with Gasteiger partial charge in [-0.05, 0) is 149 Å². The first-order valence-corrected chi connectivity index (χ1v) is 17.7. The van der Waals surface area contributed by atoms with Gasteiger partial charge in [-0.3, -0.25) is 0 Å². The maximum Gasteiger partial charge on any atom is 0.331 e. The molecule has 1 saturated heterocycles. The summed E-state index contributed by atoms with van der Waals surface area (Å²) in [6.07, 6.45) is 14.1. The Labute approximate surface area is 271 Å². The second kappa shape index (κ2) is 10.7. The molecule has 3 unspecified atom stereocenters. The van der Waals surface area contributed by atoms with Gasteiger partial charge in [0.25, 0.3) is 0 Å². The van der Waals surface area contributed by atoms with Crippen LogP contribution < -0.4 is 0 Å². The van der Waals surface area contributed by atoms with Gasteiger partial charge in [0.05, 0.1) is 17.3 Å². The summed E-state index contributed by atoms with van der Waals surface area (Å²) in [7, 11) is 0. The molecule has 4 aliphatic carbocycles. The van der Waals surface area contributed by atoms with Crippen molar-refractivity contribution in [1.82, 2.24) is 0 Å². The van der Waals surface area contributed by atoms with Crippen LogP contribution in [0.1, 0.15) is 125 Å². The number of rotatable bonds is 5. The van der Waals surface area contributed by atoms with Crippen LogP contribution in [0, 0.1) is 45.3 Å². The number of hydrogen-bond acceptors (Lipinski definition) is 6. The second-order valence-electron chi connectivity index (χ2n) is 17.8. The number of ether oxygens (including phenoxy) is 2. The van der Waals surface area contributed by atoms with Gasteiger partial charge in [-0.1, -0.05) is 40.7 Å². The van der Waals surface area contributed by atoms with Crippen molar-refractivity contribution < 1.29 is 29.6 Å². The summed E-state index contributed by atoms with van der Waals surface area (Å²) < 4.78 is 12.9. The molecule has 6 heteroatoms. The minimum absolute atomic E-state index is 0.0844. The molecular formula is C39H58O6. The van der Waals surface area contributed by atoms with Crippen molar-refractivity contribution in [2.75, 3.05) is 0 Å². The fraction of sp³-hybridized carbons (Fsp3) is 0.769. The summed E-state index contributed by atoms with van der Waals surface area (Å²) >= 11 is 0. The number of carbonyl (C=O) groups is 1. The molecule has 250 valence electrons. The Morgan fingerprint density at radius 3 is 2.22 bits per heavy atom. The zero-order valence-corrected chi connectivity index (χ0v) is 29.0. The van der Waals surface area contributed by atoms with Crippen molar-refractivity contribution in [1.29, 1.82) is 0 Å². The standard InChI is InChI=1S/C39H58O6/c1-34(2)29-16-21-38(7)30(13-11-25-26(15-20-37(25,38)6)39(8)22-18-32(45-39)35(3,4)43)36(29,5)19-17-31(34)44-33(42)14-10-24-9-12-27(40)28(41)23-24/h9-10,12,14,23,25-26,29-32,40-41,43H,11,13,15-22H2,1-8H3/b14-10+/t25?,26-,29?,30?,31-,32-,36-,37+,38+,39+/m0/s1. The minimum atomic E-state index is -0.802. The highest BCUT2D eigenvalue weighted by Crippen LogP contribution is 2.76. The Balaban J connectivity index is 1.18. The number of aliphatic hydroxyl groups is 1. The molecule has 0 aromatic heterocycles. The van der Waals surface area contributed by atoms with E-state index in [-0.39, 0.29) is 56.9 Å². The smallest absolute Gasteiger partial charge is 0.331 e. The minimum Gasteiger partial charge on any atom is -0.504 e. The molecule has 4 saturated carbocycles. The van der Waals surface area contributed by atoms with Gasteiger partial charge in [0.15, 0.2) is 11.5 Å². The first-order chi connectivity index (χ1) is 20.8. The van der Waals surface area contributed by atoms with Crippen molar-refractivity contribution in [2.24, 2.45) is 45.3 Å². The van der Waals surface area contributed by atoms with Crippen LogP contribution in [-0.2, 0) is 14.3 Å². The summed E-state index contributed by atoms with van der Waals surface area (Å²) in [6.45, 7) is 18.6. The van der Waals surface area contributed by atoms with E-state index in [1.54, 1.807) is 12.1 Å². The summed E-state index contributed by atoms with van der Waals surface area (Å²) in [5.74, 6) is 1.57. The quantitative estimate of drug-likeness (QED) is 0.173. The number of esters is 1. The van der Waals surface area contributed by atoms with Crippen LogP contribution in [0.5, 0.6) is 11.5 Å². The third-order valence-corrected chi connectivity index (χ3v) is 14.9. The number of hydrogen-bond donors (Lipinski definition) is 3. The lowest BCUT2D eigenvalue weighted by Gasteiger charge is -2.70. The second-order valence-corrected chi connectivity index (χ2v) is 17.8. The number of phenolic OH excluding ortho intramolecular Hbond substituents is 2. The molecule has 3 N–H and O–H groups in total. The largest absolute Gasteiger partial charge is 0.504 e. The number of benzene rings is 1. The van der Waals surface area contributed by atoms with Gasteiger partial charge in [0.1, 0.15) is 6.10 Å². The van der Waals surface area contributed by atoms with Crippen molar-refractivity contribution in [3.05, 3.63) is 29.8 Å². The molecule has 1 heterocycles. The predicted octanol–water partition coefficient (Wildman–Crippen LogP) is 8.42. The average molecular weight is 623 g/mol. The Bertz CT molecular complexity index is 1340. The van der Waals surface area contributed by atoms with E-state index in [2.05, 4.69) is 41.5 Å². The first kappa shape index (κ1) is 32.9. The molecule has 0 radical (unpaired) electrons. The van der Waals surface area contributed by atoms with E-state index in [1.807, 2.05) is 13.8 Å².